The lowest BCUT2D eigenvalue weighted by atomic mass is 10.1. The highest BCUT2D eigenvalue weighted by molar-refractivity contribution is 6.03. The summed E-state index contributed by atoms with van der Waals surface area (Å²) < 4.78 is 10.7. The highest BCUT2D eigenvalue weighted by atomic mass is 16.4. The van der Waals surface area contributed by atoms with Crippen LogP contribution < -0.4 is 0 Å². The predicted octanol–water partition coefficient (Wildman–Crippen LogP) is 3.36. The number of carboxylic acid groups (broad SMARTS) is 1. The van der Waals surface area contributed by atoms with E-state index in [0.29, 0.717) is 29.8 Å². The van der Waals surface area contributed by atoms with E-state index in [2.05, 4.69) is 0 Å². The molecule has 1 N–H and O–H groups in total. The number of rotatable bonds is 5. The van der Waals surface area contributed by atoms with Gasteiger partial charge in [0.2, 0.25) is 0 Å². The minimum Gasteiger partial charge on any atom is -0.478 e. The Balaban J connectivity index is 1.89. The molecule has 0 amide bonds. The quantitative estimate of drug-likeness (QED) is 0.778. The van der Waals surface area contributed by atoms with E-state index in [4.69, 9.17) is 8.83 Å². The lowest BCUT2D eigenvalue weighted by Gasteiger charge is -2.14. The molecular weight excluding hydrogens is 270 g/mol. The first-order chi connectivity index (χ1) is 10.1. The van der Waals surface area contributed by atoms with Crippen molar-refractivity contribution in [2.24, 2.45) is 0 Å². The number of carbonyl (C=O) groups is 1. The number of aromatic carboxylic acids is 1. The Bertz CT molecular complexity index is 758. The number of furan rings is 2. The first kappa shape index (κ1) is 13.5. The molecule has 3 rings (SSSR count). The lowest BCUT2D eigenvalue weighted by Crippen LogP contribution is -2.18. The number of benzene rings is 1. The van der Waals surface area contributed by atoms with Gasteiger partial charge < -0.3 is 13.9 Å². The second-order valence-corrected chi connectivity index (χ2v) is 5.01. The molecule has 0 aliphatic rings. The molecule has 108 valence electrons. The molecule has 0 aliphatic heterocycles. The molecule has 21 heavy (non-hydrogen) atoms. The van der Waals surface area contributed by atoms with Crippen LogP contribution in [0.3, 0.4) is 0 Å². The van der Waals surface area contributed by atoms with E-state index in [-0.39, 0.29) is 5.56 Å². The van der Waals surface area contributed by atoms with Gasteiger partial charge in [0.15, 0.2) is 0 Å². The molecule has 2 aromatic heterocycles. The van der Waals surface area contributed by atoms with Crippen molar-refractivity contribution in [2.45, 2.75) is 13.1 Å². The normalized spacial score (nSPS) is 11.3. The molecule has 0 unspecified atom stereocenters. The zero-order chi connectivity index (χ0) is 14.8. The van der Waals surface area contributed by atoms with Crippen LogP contribution >= 0.6 is 0 Å². The van der Waals surface area contributed by atoms with Crippen molar-refractivity contribution in [3.8, 4) is 0 Å². The number of hydrogen-bond acceptors (Lipinski definition) is 4. The smallest absolute Gasteiger partial charge is 0.339 e. The zero-order valence-electron chi connectivity index (χ0n) is 11.6. The van der Waals surface area contributed by atoms with Crippen molar-refractivity contribution in [2.75, 3.05) is 7.05 Å². The first-order valence-corrected chi connectivity index (χ1v) is 6.58. The number of fused-ring (bicyclic) bond motifs is 1. The Kier molecular flexibility index (Phi) is 3.50. The fourth-order valence-corrected chi connectivity index (χ4v) is 2.44. The highest BCUT2D eigenvalue weighted by Gasteiger charge is 2.20. The van der Waals surface area contributed by atoms with Crippen LogP contribution in [0, 0.1) is 0 Å². The Morgan fingerprint density at radius 2 is 2.05 bits per heavy atom. The van der Waals surface area contributed by atoms with Crippen LogP contribution in [-0.2, 0) is 13.1 Å². The summed E-state index contributed by atoms with van der Waals surface area (Å²) in [6.07, 6.45) is 3.29. The summed E-state index contributed by atoms with van der Waals surface area (Å²) in [5.41, 5.74) is 1.87. The molecule has 2 heterocycles. The third-order valence-corrected chi connectivity index (χ3v) is 3.33. The number of nitrogens with zero attached hydrogens (tertiary/aromatic N) is 1. The van der Waals surface area contributed by atoms with Crippen LogP contribution in [0.25, 0.3) is 11.0 Å². The summed E-state index contributed by atoms with van der Waals surface area (Å²) in [7, 11) is 1.91. The van der Waals surface area contributed by atoms with E-state index in [0.717, 1.165) is 5.56 Å². The lowest BCUT2D eigenvalue weighted by molar-refractivity contribution is 0.0695. The van der Waals surface area contributed by atoms with Gasteiger partial charge in [-0.15, -0.1) is 0 Å². The fourth-order valence-electron chi connectivity index (χ4n) is 2.44. The highest BCUT2D eigenvalue weighted by Crippen LogP contribution is 2.27. The van der Waals surface area contributed by atoms with Crippen molar-refractivity contribution < 1.29 is 18.7 Å². The summed E-state index contributed by atoms with van der Waals surface area (Å²) in [6.45, 7) is 1.08. The Morgan fingerprint density at radius 1 is 1.24 bits per heavy atom. The molecule has 5 heteroatoms. The van der Waals surface area contributed by atoms with Crippen LogP contribution in [0.15, 0.2) is 51.7 Å². The van der Waals surface area contributed by atoms with Gasteiger partial charge in [0.05, 0.1) is 19.1 Å². The van der Waals surface area contributed by atoms with Gasteiger partial charge in [-0.2, -0.15) is 0 Å². The summed E-state index contributed by atoms with van der Waals surface area (Å²) in [5, 5.41) is 10.1. The molecule has 0 atom stereocenters. The molecular formula is C16H15NO4. The third-order valence-electron chi connectivity index (χ3n) is 3.33. The molecule has 0 spiro atoms. The largest absolute Gasteiger partial charge is 0.478 e. The van der Waals surface area contributed by atoms with Gasteiger partial charge in [0, 0.05) is 17.5 Å². The Hall–Kier alpha value is -2.53. The first-order valence-electron chi connectivity index (χ1n) is 6.58. The predicted molar refractivity (Wildman–Crippen MR) is 77.1 cm³/mol. The van der Waals surface area contributed by atoms with Crippen molar-refractivity contribution in [3.63, 3.8) is 0 Å². The number of hydrogen-bond donors (Lipinski definition) is 1. The maximum Gasteiger partial charge on any atom is 0.339 e. The molecule has 1 aromatic carbocycles. The van der Waals surface area contributed by atoms with E-state index in [1.165, 1.54) is 0 Å². The molecule has 3 aromatic rings. The van der Waals surface area contributed by atoms with E-state index in [1.54, 1.807) is 24.7 Å². The maximum absolute atomic E-state index is 11.5. The van der Waals surface area contributed by atoms with Gasteiger partial charge in [-0.05, 0) is 19.2 Å². The molecule has 0 bridgehead atoms. The van der Waals surface area contributed by atoms with Gasteiger partial charge in [-0.25, -0.2) is 4.79 Å². The molecule has 0 fully saturated rings. The van der Waals surface area contributed by atoms with E-state index in [9.17, 15) is 9.90 Å². The maximum atomic E-state index is 11.5. The Morgan fingerprint density at radius 3 is 2.76 bits per heavy atom. The van der Waals surface area contributed by atoms with Gasteiger partial charge in [-0.1, -0.05) is 18.2 Å². The van der Waals surface area contributed by atoms with Crippen LogP contribution in [-0.4, -0.2) is 23.0 Å². The van der Waals surface area contributed by atoms with Crippen molar-refractivity contribution in [3.05, 3.63) is 59.7 Å². The standard InChI is InChI=1S/C16H15NO4/c1-17(8-11-6-7-20-10-11)9-14-15(16(18)19)12-4-2-3-5-13(12)21-14/h2-7,10H,8-9H2,1H3,(H,18,19). The topological polar surface area (TPSA) is 66.8 Å². The summed E-state index contributed by atoms with van der Waals surface area (Å²) in [6, 6.07) is 9.07. The van der Waals surface area contributed by atoms with Gasteiger partial charge >= 0.3 is 5.97 Å². The Labute approximate surface area is 121 Å². The summed E-state index contributed by atoms with van der Waals surface area (Å²) in [4.78, 5) is 13.5. The van der Waals surface area contributed by atoms with E-state index < -0.39 is 5.97 Å². The number of para-hydroxylation sites is 1. The average molecular weight is 285 g/mol. The second kappa shape index (κ2) is 5.46. The van der Waals surface area contributed by atoms with Crippen LogP contribution in [0.5, 0.6) is 0 Å². The third kappa shape index (κ3) is 2.68. The van der Waals surface area contributed by atoms with E-state index >= 15 is 0 Å². The minimum absolute atomic E-state index is 0.240. The molecule has 5 nitrogen and oxygen atoms in total. The molecule has 0 aliphatic carbocycles. The minimum atomic E-state index is -0.966. The fraction of sp³-hybridized carbons (Fsp3) is 0.188. The molecule has 0 radical (unpaired) electrons. The van der Waals surface area contributed by atoms with Crippen LogP contribution in [0.4, 0.5) is 0 Å². The SMILES string of the molecule is CN(Cc1ccoc1)Cc1oc2ccccc2c1C(=O)O. The second-order valence-electron chi connectivity index (χ2n) is 5.01. The van der Waals surface area contributed by atoms with Crippen molar-refractivity contribution >= 4 is 16.9 Å². The van der Waals surface area contributed by atoms with Gasteiger partial charge in [0.1, 0.15) is 16.9 Å². The van der Waals surface area contributed by atoms with Crippen molar-refractivity contribution in [1.82, 2.24) is 4.90 Å². The summed E-state index contributed by atoms with van der Waals surface area (Å²) in [5.74, 6) is -0.499. The average Bonchev–Trinajstić information content (AvgIpc) is 3.04. The zero-order valence-corrected chi connectivity index (χ0v) is 11.6. The molecule has 0 saturated carbocycles. The molecule has 0 saturated heterocycles. The van der Waals surface area contributed by atoms with Crippen molar-refractivity contribution in [1.29, 1.82) is 0 Å². The van der Waals surface area contributed by atoms with Crippen LogP contribution in [0.2, 0.25) is 0 Å². The van der Waals surface area contributed by atoms with Crippen LogP contribution in [0.1, 0.15) is 21.7 Å². The van der Waals surface area contributed by atoms with Gasteiger partial charge in [0.25, 0.3) is 0 Å². The summed E-state index contributed by atoms with van der Waals surface area (Å²) >= 11 is 0. The number of carboxylic acids is 1. The monoisotopic (exact) mass is 285 g/mol. The van der Waals surface area contributed by atoms with Gasteiger partial charge in [-0.3, -0.25) is 4.90 Å². The van der Waals surface area contributed by atoms with E-state index in [1.807, 2.05) is 30.1 Å².